The number of phenolic OH excluding ortho intramolecular Hbond substituents is 1. The fraction of sp³-hybridized carbons (Fsp3) is 0.600. The Labute approximate surface area is 157 Å². The number of benzene rings is 1. The summed E-state index contributed by atoms with van der Waals surface area (Å²) in [4.78, 5) is 0. The van der Waals surface area contributed by atoms with Crippen LogP contribution in [0.15, 0.2) is 24.3 Å². The molecule has 0 fully saturated rings. The fourth-order valence-electron chi connectivity index (χ4n) is 1.99. The number of aromatic hydroxyl groups is 1. The topological polar surface area (TPSA) is 94.8 Å². The number of hydrogen-bond donors (Lipinski definition) is 3. The molecule has 3 N–H and O–H groups in total. The molecule has 0 spiro atoms. The molecule has 22 heavy (non-hydrogen) atoms. The third-order valence-electron chi connectivity index (χ3n) is 3.04. The normalized spacial score (nSPS) is 10.3. The van der Waals surface area contributed by atoms with E-state index >= 15 is 0 Å². The summed E-state index contributed by atoms with van der Waals surface area (Å²) in [5.74, 6) is 0.452. The fourth-order valence-corrected chi connectivity index (χ4v) is 1.99. The van der Waals surface area contributed by atoms with Crippen molar-refractivity contribution in [3.8, 4) is 5.75 Å². The van der Waals surface area contributed by atoms with Gasteiger partial charge in [-0.1, -0.05) is 63.6 Å². The van der Waals surface area contributed by atoms with Crippen LogP contribution in [-0.4, -0.2) is 22.6 Å². The van der Waals surface area contributed by atoms with Gasteiger partial charge in [-0.25, -0.2) is 0 Å². The maximum atomic E-state index is 9.58. The SMILES string of the molecule is CCCCCCCCCc1ccccc1O.O=S(=O)(O)O.[H-].[Na+]. The Balaban J connectivity index is -0.000000502. The monoisotopic (exact) mass is 342 g/mol. The van der Waals surface area contributed by atoms with Gasteiger partial charge in [-0.15, -0.1) is 0 Å². The van der Waals surface area contributed by atoms with Crippen LogP contribution in [0.25, 0.3) is 0 Å². The molecular formula is C15H27NaO5S. The summed E-state index contributed by atoms with van der Waals surface area (Å²) in [6, 6.07) is 7.67. The van der Waals surface area contributed by atoms with Gasteiger partial charge < -0.3 is 6.53 Å². The van der Waals surface area contributed by atoms with Crippen molar-refractivity contribution in [2.24, 2.45) is 0 Å². The standard InChI is InChI=1S/C15H24O.Na.H2O4S.H/c1-2-3-4-5-6-7-8-11-14-12-9-10-13-15(14)16;;1-5(2,3)4;/h9-10,12-13,16H,2-8,11H2,1H3;;(H2,1,2,3,4);/q;+1;;-1. The van der Waals surface area contributed by atoms with Gasteiger partial charge in [0.1, 0.15) is 5.75 Å². The minimum Gasteiger partial charge on any atom is -1.00 e. The third-order valence-corrected chi connectivity index (χ3v) is 3.04. The van der Waals surface area contributed by atoms with Crippen LogP contribution in [0.2, 0.25) is 0 Å². The minimum atomic E-state index is -4.67. The van der Waals surface area contributed by atoms with Crippen molar-refractivity contribution in [1.82, 2.24) is 0 Å². The molecule has 5 nitrogen and oxygen atoms in total. The average molecular weight is 342 g/mol. The first kappa shape index (κ1) is 24.1. The van der Waals surface area contributed by atoms with Crippen LogP contribution in [0.3, 0.4) is 0 Å². The molecular weight excluding hydrogens is 315 g/mol. The molecule has 0 aromatic heterocycles. The van der Waals surface area contributed by atoms with Gasteiger partial charge in [0.25, 0.3) is 0 Å². The second kappa shape index (κ2) is 14.5. The van der Waals surface area contributed by atoms with Gasteiger partial charge in [0.15, 0.2) is 0 Å². The van der Waals surface area contributed by atoms with E-state index in [2.05, 4.69) is 6.92 Å². The molecule has 1 aromatic carbocycles. The van der Waals surface area contributed by atoms with E-state index in [0.29, 0.717) is 5.75 Å². The summed E-state index contributed by atoms with van der Waals surface area (Å²) in [7, 11) is -4.67. The molecule has 0 atom stereocenters. The number of unbranched alkanes of at least 4 members (excludes halogenated alkanes) is 6. The van der Waals surface area contributed by atoms with Crippen LogP contribution < -0.4 is 29.6 Å². The molecule has 1 aromatic rings. The smallest absolute Gasteiger partial charge is 1.00 e. The summed E-state index contributed by atoms with van der Waals surface area (Å²) < 4.78 is 31.6. The number of para-hydroxylation sites is 1. The van der Waals surface area contributed by atoms with Crippen molar-refractivity contribution in [3.63, 3.8) is 0 Å². The molecule has 0 radical (unpaired) electrons. The summed E-state index contributed by atoms with van der Waals surface area (Å²) in [6.07, 6.45) is 10.3. The quantitative estimate of drug-likeness (QED) is 0.374. The molecule has 0 bridgehead atoms. The first-order valence-electron chi connectivity index (χ1n) is 7.31. The Morgan fingerprint density at radius 2 is 1.41 bits per heavy atom. The largest absolute Gasteiger partial charge is 1.00 e. The Kier molecular flexibility index (Phi) is 15.9. The first-order chi connectivity index (χ1) is 9.84. The van der Waals surface area contributed by atoms with Crippen molar-refractivity contribution in [2.45, 2.75) is 58.3 Å². The van der Waals surface area contributed by atoms with E-state index in [0.717, 1.165) is 12.0 Å². The van der Waals surface area contributed by atoms with E-state index < -0.39 is 10.4 Å². The molecule has 124 valence electrons. The maximum Gasteiger partial charge on any atom is 1.00 e. The molecule has 1 rings (SSSR count). The van der Waals surface area contributed by atoms with E-state index in [4.69, 9.17) is 17.5 Å². The molecule has 0 unspecified atom stereocenters. The Morgan fingerprint density at radius 1 is 0.955 bits per heavy atom. The first-order valence-corrected chi connectivity index (χ1v) is 8.71. The Bertz CT molecular complexity index is 475. The zero-order valence-electron chi connectivity index (χ0n) is 14.5. The van der Waals surface area contributed by atoms with E-state index in [-0.39, 0.29) is 31.0 Å². The van der Waals surface area contributed by atoms with E-state index in [1.807, 2.05) is 18.2 Å². The molecule has 0 amide bonds. The summed E-state index contributed by atoms with van der Waals surface area (Å²) >= 11 is 0. The molecule has 7 heteroatoms. The molecule has 0 saturated carbocycles. The van der Waals surface area contributed by atoms with Crippen molar-refractivity contribution in [3.05, 3.63) is 29.8 Å². The third kappa shape index (κ3) is 17.9. The minimum absolute atomic E-state index is 0. The van der Waals surface area contributed by atoms with Crippen molar-refractivity contribution < 1.29 is 53.6 Å². The second-order valence-electron chi connectivity index (χ2n) is 4.95. The van der Waals surface area contributed by atoms with E-state index in [1.165, 1.54) is 44.9 Å². The van der Waals surface area contributed by atoms with Gasteiger partial charge in [-0.05, 0) is 24.5 Å². The van der Waals surface area contributed by atoms with Crippen LogP contribution >= 0.6 is 0 Å². The predicted molar refractivity (Wildman–Crippen MR) is 85.1 cm³/mol. The number of rotatable bonds is 8. The van der Waals surface area contributed by atoms with Gasteiger partial charge in [0, 0.05) is 0 Å². The summed E-state index contributed by atoms with van der Waals surface area (Å²) in [5, 5.41) is 9.58. The van der Waals surface area contributed by atoms with Crippen LogP contribution in [0.4, 0.5) is 0 Å². The van der Waals surface area contributed by atoms with Crippen LogP contribution in [0, 0.1) is 0 Å². The zero-order valence-corrected chi connectivity index (χ0v) is 16.3. The van der Waals surface area contributed by atoms with Crippen LogP contribution in [0.5, 0.6) is 5.75 Å². The van der Waals surface area contributed by atoms with Crippen LogP contribution in [-0.2, 0) is 16.8 Å². The Hall–Kier alpha value is -0.110. The van der Waals surface area contributed by atoms with E-state index in [9.17, 15) is 5.11 Å². The van der Waals surface area contributed by atoms with Crippen LogP contribution in [0.1, 0.15) is 58.9 Å². The van der Waals surface area contributed by atoms with Gasteiger partial charge in [-0.3, -0.25) is 9.11 Å². The molecule has 0 aliphatic rings. The predicted octanol–water partition coefficient (Wildman–Crippen LogP) is 1.15. The van der Waals surface area contributed by atoms with Gasteiger partial charge in [0.05, 0.1) is 0 Å². The maximum absolute atomic E-state index is 9.58. The zero-order chi connectivity index (χ0) is 16.1. The van der Waals surface area contributed by atoms with Crippen molar-refractivity contribution >= 4 is 10.4 Å². The van der Waals surface area contributed by atoms with Gasteiger partial charge >= 0.3 is 40.0 Å². The summed E-state index contributed by atoms with van der Waals surface area (Å²) in [6.45, 7) is 2.25. The number of phenols is 1. The van der Waals surface area contributed by atoms with E-state index in [1.54, 1.807) is 6.07 Å². The number of aryl methyl sites for hydroxylation is 1. The van der Waals surface area contributed by atoms with Gasteiger partial charge in [-0.2, -0.15) is 8.42 Å². The average Bonchev–Trinajstić information content (AvgIpc) is 2.38. The molecule has 0 aliphatic carbocycles. The van der Waals surface area contributed by atoms with Gasteiger partial charge in [0.2, 0.25) is 0 Å². The molecule has 0 aliphatic heterocycles. The molecule has 0 saturated heterocycles. The summed E-state index contributed by atoms with van der Waals surface area (Å²) in [5.41, 5.74) is 1.09. The number of hydrogen-bond acceptors (Lipinski definition) is 3. The second-order valence-corrected chi connectivity index (χ2v) is 5.84. The molecule has 0 heterocycles. The van der Waals surface area contributed by atoms with Crippen molar-refractivity contribution in [1.29, 1.82) is 0 Å². The Morgan fingerprint density at radius 3 is 1.91 bits per heavy atom. The van der Waals surface area contributed by atoms with Crippen molar-refractivity contribution in [2.75, 3.05) is 0 Å².